The van der Waals surface area contributed by atoms with Crippen molar-refractivity contribution < 1.29 is 18.0 Å². The highest BCUT2D eigenvalue weighted by molar-refractivity contribution is 7.89. The number of benzene rings is 2. The minimum atomic E-state index is -3.15. The molecule has 148 valence electrons. The average Bonchev–Trinajstić information content (AvgIpc) is 3.03. The molecule has 1 heterocycles. The van der Waals surface area contributed by atoms with Gasteiger partial charge in [0.15, 0.2) is 9.84 Å². The molecule has 2 aromatic carbocycles. The Bertz CT molecular complexity index is 985. The Morgan fingerprint density at radius 2 is 1.79 bits per heavy atom. The zero-order valence-corrected chi connectivity index (χ0v) is 16.7. The Balaban J connectivity index is 1.61. The molecule has 0 bridgehead atoms. The lowest BCUT2D eigenvalue weighted by molar-refractivity contribution is -0.128. The van der Waals surface area contributed by atoms with Gasteiger partial charge in [-0.15, -0.1) is 0 Å². The number of hydrogen-bond donors (Lipinski definition) is 1. The molecule has 2 amide bonds. The van der Waals surface area contributed by atoms with Gasteiger partial charge in [-0.25, -0.2) is 8.42 Å². The predicted molar refractivity (Wildman–Crippen MR) is 107 cm³/mol. The fraction of sp³-hybridized carbons (Fsp3) is 0.333. The SMILES string of the molecule is CS(=O)(=O)Cc1cccc(C(=O)NCc2cccc(CN3CCCC3=O)c2)c1. The van der Waals surface area contributed by atoms with Crippen LogP contribution in [0.1, 0.15) is 39.9 Å². The fourth-order valence-corrected chi connectivity index (χ4v) is 4.10. The summed E-state index contributed by atoms with van der Waals surface area (Å²) < 4.78 is 22.9. The first-order valence-corrected chi connectivity index (χ1v) is 11.3. The molecular formula is C21H24N2O4S. The number of rotatable bonds is 7. The van der Waals surface area contributed by atoms with Crippen LogP contribution < -0.4 is 5.32 Å². The lowest BCUT2D eigenvalue weighted by Gasteiger charge is -2.16. The summed E-state index contributed by atoms with van der Waals surface area (Å²) in [4.78, 5) is 26.1. The number of carbonyl (C=O) groups excluding carboxylic acids is 2. The summed E-state index contributed by atoms with van der Waals surface area (Å²) in [6.45, 7) is 1.74. The third-order valence-corrected chi connectivity index (χ3v) is 5.47. The average molecular weight is 401 g/mol. The number of likely N-dealkylation sites (tertiary alicyclic amines) is 1. The van der Waals surface area contributed by atoms with Crippen LogP contribution in [0.15, 0.2) is 48.5 Å². The van der Waals surface area contributed by atoms with E-state index in [4.69, 9.17) is 0 Å². The lowest BCUT2D eigenvalue weighted by Crippen LogP contribution is -2.24. The first-order valence-electron chi connectivity index (χ1n) is 9.21. The van der Waals surface area contributed by atoms with Crippen molar-refractivity contribution >= 4 is 21.7 Å². The molecule has 1 aliphatic heterocycles. The molecule has 0 atom stereocenters. The largest absolute Gasteiger partial charge is 0.348 e. The van der Waals surface area contributed by atoms with Crippen molar-refractivity contribution in [2.45, 2.75) is 31.7 Å². The van der Waals surface area contributed by atoms with E-state index in [1.165, 1.54) is 6.26 Å². The van der Waals surface area contributed by atoms with Gasteiger partial charge < -0.3 is 10.2 Å². The van der Waals surface area contributed by atoms with Gasteiger partial charge in [0.2, 0.25) is 5.91 Å². The van der Waals surface area contributed by atoms with E-state index in [0.29, 0.717) is 30.6 Å². The Hall–Kier alpha value is -2.67. The molecule has 1 fully saturated rings. The smallest absolute Gasteiger partial charge is 0.251 e. The highest BCUT2D eigenvalue weighted by atomic mass is 32.2. The second-order valence-corrected chi connectivity index (χ2v) is 9.33. The van der Waals surface area contributed by atoms with Crippen molar-refractivity contribution in [2.24, 2.45) is 0 Å². The second kappa shape index (κ2) is 8.56. The summed E-state index contributed by atoms with van der Waals surface area (Å²) in [5.74, 6) is -0.158. The minimum absolute atomic E-state index is 0.0919. The minimum Gasteiger partial charge on any atom is -0.348 e. The Morgan fingerprint density at radius 3 is 2.50 bits per heavy atom. The molecule has 0 spiro atoms. The zero-order chi connectivity index (χ0) is 20.1. The van der Waals surface area contributed by atoms with E-state index in [2.05, 4.69) is 5.32 Å². The summed E-state index contributed by atoms with van der Waals surface area (Å²) in [6, 6.07) is 14.5. The van der Waals surface area contributed by atoms with Crippen LogP contribution in [-0.4, -0.2) is 37.9 Å². The van der Waals surface area contributed by atoms with Crippen LogP contribution >= 0.6 is 0 Å². The molecule has 0 radical (unpaired) electrons. The van der Waals surface area contributed by atoms with Crippen LogP contribution in [0.25, 0.3) is 0 Å². The summed E-state index contributed by atoms with van der Waals surface area (Å²) in [5.41, 5.74) is 3.01. The van der Waals surface area contributed by atoms with E-state index < -0.39 is 9.84 Å². The van der Waals surface area contributed by atoms with Gasteiger partial charge in [0.1, 0.15) is 0 Å². The Kier molecular flexibility index (Phi) is 6.14. The molecule has 7 heteroatoms. The van der Waals surface area contributed by atoms with E-state index in [1.807, 2.05) is 29.2 Å². The molecule has 1 N–H and O–H groups in total. The highest BCUT2D eigenvalue weighted by Gasteiger charge is 2.20. The Labute approximate surface area is 165 Å². The standard InChI is InChI=1S/C21H24N2O4S/c1-28(26,27)15-18-7-3-8-19(12-18)21(25)22-13-16-5-2-6-17(11-16)14-23-10-4-9-20(23)24/h2-3,5-8,11-12H,4,9-10,13-15H2,1H3,(H,22,25). The van der Waals surface area contributed by atoms with Gasteiger partial charge in [0.25, 0.3) is 5.91 Å². The van der Waals surface area contributed by atoms with Crippen molar-refractivity contribution in [3.05, 3.63) is 70.8 Å². The normalized spacial score (nSPS) is 14.3. The van der Waals surface area contributed by atoms with Crippen molar-refractivity contribution in [1.29, 1.82) is 0 Å². The molecule has 0 aliphatic carbocycles. The van der Waals surface area contributed by atoms with E-state index >= 15 is 0 Å². The molecule has 0 saturated carbocycles. The number of sulfone groups is 1. The van der Waals surface area contributed by atoms with Crippen molar-refractivity contribution in [1.82, 2.24) is 10.2 Å². The third-order valence-electron chi connectivity index (χ3n) is 4.61. The monoisotopic (exact) mass is 400 g/mol. The molecule has 1 saturated heterocycles. The van der Waals surface area contributed by atoms with E-state index in [1.54, 1.807) is 24.3 Å². The topological polar surface area (TPSA) is 83.6 Å². The quantitative estimate of drug-likeness (QED) is 0.773. The zero-order valence-electron chi connectivity index (χ0n) is 15.8. The van der Waals surface area contributed by atoms with Gasteiger partial charge >= 0.3 is 0 Å². The van der Waals surface area contributed by atoms with Crippen molar-refractivity contribution in [3.63, 3.8) is 0 Å². The molecule has 2 aromatic rings. The molecular weight excluding hydrogens is 376 g/mol. The molecule has 0 aromatic heterocycles. The van der Waals surface area contributed by atoms with E-state index in [0.717, 1.165) is 24.1 Å². The predicted octanol–water partition coefficient (Wildman–Crippen LogP) is 2.28. The van der Waals surface area contributed by atoms with Gasteiger partial charge in [-0.05, 0) is 35.2 Å². The molecule has 28 heavy (non-hydrogen) atoms. The second-order valence-electron chi connectivity index (χ2n) is 7.19. The number of hydrogen-bond acceptors (Lipinski definition) is 4. The number of amides is 2. The van der Waals surface area contributed by atoms with Gasteiger partial charge in [-0.1, -0.05) is 36.4 Å². The van der Waals surface area contributed by atoms with Crippen LogP contribution in [-0.2, 0) is 33.5 Å². The number of nitrogens with zero attached hydrogens (tertiary/aromatic N) is 1. The van der Waals surface area contributed by atoms with Gasteiger partial charge in [-0.3, -0.25) is 9.59 Å². The first-order chi connectivity index (χ1) is 13.3. The van der Waals surface area contributed by atoms with Crippen LogP contribution in [0.4, 0.5) is 0 Å². The third kappa shape index (κ3) is 5.66. The van der Waals surface area contributed by atoms with E-state index in [-0.39, 0.29) is 17.6 Å². The first kappa shape index (κ1) is 20.1. The summed E-state index contributed by atoms with van der Waals surface area (Å²) >= 11 is 0. The number of carbonyl (C=O) groups is 2. The fourth-order valence-electron chi connectivity index (χ4n) is 3.32. The summed E-state index contributed by atoms with van der Waals surface area (Å²) in [5, 5.41) is 2.87. The van der Waals surface area contributed by atoms with Crippen molar-refractivity contribution in [3.8, 4) is 0 Å². The summed E-state index contributed by atoms with van der Waals surface area (Å²) in [7, 11) is -3.15. The van der Waals surface area contributed by atoms with Crippen molar-refractivity contribution in [2.75, 3.05) is 12.8 Å². The van der Waals surface area contributed by atoms with Gasteiger partial charge in [0, 0.05) is 37.9 Å². The summed E-state index contributed by atoms with van der Waals surface area (Å²) in [6.07, 6.45) is 2.70. The van der Waals surface area contributed by atoms with Crippen LogP contribution in [0, 0.1) is 0 Å². The van der Waals surface area contributed by atoms with Crippen LogP contribution in [0.2, 0.25) is 0 Å². The molecule has 0 unspecified atom stereocenters. The maximum atomic E-state index is 12.4. The Morgan fingerprint density at radius 1 is 1.07 bits per heavy atom. The van der Waals surface area contributed by atoms with Gasteiger partial charge in [0.05, 0.1) is 5.75 Å². The lowest BCUT2D eigenvalue weighted by atomic mass is 10.1. The van der Waals surface area contributed by atoms with Crippen LogP contribution in [0.5, 0.6) is 0 Å². The maximum absolute atomic E-state index is 12.4. The molecule has 1 aliphatic rings. The highest BCUT2D eigenvalue weighted by Crippen LogP contribution is 2.15. The van der Waals surface area contributed by atoms with Crippen LogP contribution in [0.3, 0.4) is 0 Å². The van der Waals surface area contributed by atoms with E-state index in [9.17, 15) is 18.0 Å². The van der Waals surface area contributed by atoms with Gasteiger partial charge in [-0.2, -0.15) is 0 Å². The molecule has 6 nitrogen and oxygen atoms in total. The molecule has 3 rings (SSSR count). The maximum Gasteiger partial charge on any atom is 0.251 e. The number of nitrogens with one attached hydrogen (secondary N) is 1.